The standard InChI is InChI=1S/C20H22N4O2/c1-13(2)19-18(20(25)21-15-6-5-7-17(12-15)26-4)22-23-24(19)16-10-8-14(3)9-11-16/h5-13H,1-4H3,(H,21,25). The number of rotatable bonds is 5. The number of benzene rings is 2. The van der Waals surface area contributed by atoms with Gasteiger partial charge in [0.05, 0.1) is 18.5 Å². The minimum absolute atomic E-state index is 0.0809. The van der Waals surface area contributed by atoms with E-state index < -0.39 is 0 Å². The molecule has 0 spiro atoms. The maximum atomic E-state index is 12.8. The van der Waals surface area contributed by atoms with Crippen molar-refractivity contribution in [2.45, 2.75) is 26.7 Å². The number of methoxy groups -OCH3 is 1. The van der Waals surface area contributed by atoms with Crippen LogP contribution in [0.1, 0.15) is 41.5 Å². The zero-order valence-electron chi connectivity index (χ0n) is 15.4. The molecule has 0 aliphatic carbocycles. The molecule has 0 aliphatic rings. The van der Waals surface area contributed by atoms with E-state index in [1.54, 1.807) is 23.9 Å². The molecule has 1 amide bonds. The van der Waals surface area contributed by atoms with Gasteiger partial charge >= 0.3 is 0 Å². The molecule has 0 unspecified atom stereocenters. The predicted molar refractivity (Wildman–Crippen MR) is 101 cm³/mol. The summed E-state index contributed by atoms with van der Waals surface area (Å²) >= 11 is 0. The summed E-state index contributed by atoms with van der Waals surface area (Å²) in [6, 6.07) is 15.2. The Kier molecular flexibility index (Phi) is 5.02. The summed E-state index contributed by atoms with van der Waals surface area (Å²) in [5, 5.41) is 11.2. The quantitative estimate of drug-likeness (QED) is 0.756. The molecule has 1 aromatic heterocycles. The lowest BCUT2D eigenvalue weighted by Gasteiger charge is -2.12. The Balaban J connectivity index is 1.94. The summed E-state index contributed by atoms with van der Waals surface area (Å²) in [7, 11) is 1.59. The molecule has 6 heteroatoms. The van der Waals surface area contributed by atoms with E-state index in [9.17, 15) is 4.79 Å². The number of carbonyl (C=O) groups excluding carboxylic acids is 1. The third-order valence-corrected chi connectivity index (χ3v) is 4.07. The number of hydrogen-bond acceptors (Lipinski definition) is 4. The van der Waals surface area contributed by atoms with Crippen LogP contribution in [0.5, 0.6) is 5.75 Å². The summed E-state index contributed by atoms with van der Waals surface area (Å²) in [5.41, 5.74) is 3.79. The summed E-state index contributed by atoms with van der Waals surface area (Å²) in [4.78, 5) is 12.8. The first-order chi connectivity index (χ1) is 12.5. The van der Waals surface area contributed by atoms with E-state index in [0.717, 1.165) is 16.9 Å². The topological polar surface area (TPSA) is 69.0 Å². The first kappa shape index (κ1) is 17.7. The van der Waals surface area contributed by atoms with Crippen LogP contribution in [0.25, 0.3) is 5.69 Å². The molecule has 2 aromatic carbocycles. The van der Waals surface area contributed by atoms with E-state index in [4.69, 9.17) is 4.74 Å². The highest BCUT2D eigenvalue weighted by Gasteiger charge is 2.23. The predicted octanol–water partition coefficient (Wildman–Crippen LogP) is 3.96. The van der Waals surface area contributed by atoms with Gasteiger partial charge in [-0.2, -0.15) is 0 Å². The molecule has 3 rings (SSSR count). The van der Waals surface area contributed by atoms with Crippen molar-refractivity contribution in [3.05, 3.63) is 65.5 Å². The SMILES string of the molecule is COc1cccc(NC(=O)c2nnn(-c3ccc(C)cc3)c2C(C)C)c1. The van der Waals surface area contributed by atoms with Crippen LogP contribution in [0, 0.1) is 6.92 Å². The second-order valence-electron chi connectivity index (χ2n) is 6.41. The van der Waals surface area contributed by atoms with Crippen LogP contribution >= 0.6 is 0 Å². The average molecular weight is 350 g/mol. The molecule has 1 heterocycles. The van der Waals surface area contributed by atoms with Crippen molar-refractivity contribution in [1.29, 1.82) is 0 Å². The van der Waals surface area contributed by atoms with Crippen molar-refractivity contribution in [3.63, 3.8) is 0 Å². The van der Waals surface area contributed by atoms with E-state index in [2.05, 4.69) is 15.6 Å². The van der Waals surface area contributed by atoms with Gasteiger partial charge in [0.25, 0.3) is 5.91 Å². The largest absolute Gasteiger partial charge is 0.497 e. The molecule has 0 radical (unpaired) electrons. The average Bonchev–Trinajstić information content (AvgIpc) is 3.08. The van der Waals surface area contributed by atoms with Crippen LogP contribution in [-0.2, 0) is 0 Å². The molecule has 0 aliphatic heterocycles. The molecular formula is C20H22N4O2. The van der Waals surface area contributed by atoms with Gasteiger partial charge in [-0.25, -0.2) is 4.68 Å². The van der Waals surface area contributed by atoms with E-state index in [1.165, 1.54) is 0 Å². The van der Waals surface area contributed by atoms with Crippen LogP contribution < -0.4 is 10.1 Å². The van der Waals surface area contributed by atoms with Crippen LogP contribution in [0.15, 0.2) is 48.5 Å². The Bertz CT molecular complexity index is 914. The molecule has 6 nitrogen and oxygen atoms in total. The van der Waals surface area contributed by atoms with Crippen LogP contribution in [-0.4, -0.2) is 28.0 Å². The number of hydrogen-bond donors (Lipinski definition) is 1. The zero-order valence-corrected chi connectivity index (χ0v) is 15.4. The molecule has 134 valence electrons. The number of nitrogens with zero attached hydrogens (tertiary/aromatic N) is 3. The number of aromatic nitrogens is 3. The summed E-state index contributed by atoms with van der Waals surface area (Å²) in [6.45, 7) is 6.07. The van der Waals surface area contributed by atoms with E-state index in [1.807, 2.05) is 57.2 Å². The minimum atomic E-state index is -0.291. The first-order valence-electron chi connectivity index (χ1n) is 8.47. The summed E-state index contributed by atoms with van der Waals surface area (Å²) in [6.07, 6.45) is 0. The number of carbonyl (C=O) groups is 1. The molecule has 26 heavy (non-hydrogen) atoms. The Labute approximate surface area is 152 Å². The highest BCUT2D eigenvalue weighted by Crippen LogP contribution is 2.23. The molecule has 1 N–H and O–H groups in total. The molecule has 0 atom stereocenters. The van der Waals surface area contributed by atoms with E-state index in [-0.39, 0.29) is 11.8 Å². The van der Waals surface area contributed by atoms with Gasteiger partial charge in [0.1, 0.15) is 5.75 Å². The molecule has 0 fully saturated rings. The van der Waals surface area contributed by atoms with Crippen molar-refractivity contribution < 1.29 is 9.53 Å². The maximum absolute atomic E-state index is 12.8. The number of anilines is 1. The van der Waals surface area contributed by atoms with Gasteiger partial charge in [-0.15, -0.1) is 5.10 Å². The van der Waals surface area contributed by atoms with Gasteiger partial charge in [-0.1, -0.05) is 42.8 Å². The van der Waals surface area contributed by atoms with Crippen molar-refractivity contribution >= 4 is 11.6 Å². The lowest BCUT2D eigenvalue weighted by atomic mass is 10.1. The normalized spacial score (nSPS) is 10.8. The number of aryl methyl sites for hydroxylation is 1. The lowest BCUT2D eigenvalue weighted by molar-refractivity contribution is 0.102. The van der Waals surface area contributed by atoms with Gasteiger partial charge in [0.15, 0.2) is 5.69 Å². The second-order valence-corrected chi connectivity index (χ2v) is 6.41. The Morgan fingerprint density at radius 2 is 1.88 bits per heavy atom. The summed E-state index contributed by atoms with van der Waals surface area (Å²) < 4.78 is 6.92. The van der Waals surface area contributed by atoms with E-state index in [0.29, 0.717) is 17.1 Å². The molecule has 3 aromatic rings. The smallest absolute Gasteiger partial charge is 0.278 e. The van der Waals surface area contributed by atoms with Gasteiger partial charge < -0.3 is 10.1 Å². The Morgan fingerprint density at radius 1 is 1.15 bits per heavy atom. The zero-order chi connectivity index (χ0) is 18.7. The minimum Gasteiger partial charge on any atom is -0.497 e. The third-order valence-electron chi connectivity index (χ3n) is 4.07. The van der Waals surface area contributed by atoms with Crippen molar-refractivity contribution in [2.24, 2.45) is 0 Å². The van der Waals surface area contributed by atoms with Crippen LogP contribution in [0.3, 0.4) is 0 Å². The fourth-order valence-corrected chi connectivity index (χ4v) is 2.74. The fourth-order valence-electron chi connectivity index (χ4n) is 2.74. The summed E-state index contributed by atoms with van der Waals surface area (Å²) in [5.74, 6) is 0.466. The van der Waals surface area contributed by atoms with Gasteiger partial charge in [-0.05, 0) is 37.1 Å². The number of ether oxygens (including phenoxy) is 1. The number of nitrogens with one attached hydrogen (secondary N) is 1. The maximum Gasteiger partial charge on any atom is 0.278 e. The Hall–Kier alpha value is -3.15. The molecular weight excluding hydrogens is 328 g/mol. The third kappa shape index (κ3) is 3.59. The van der Waals surface area contributed by atoms with Gasteiger partial charge in [-0.3, -0.25) is 4.79 Å². The first-order valence-corrected chi connectivity index (χ1v) is 8.47. The highest BCUT2D eigenvalue weighted by molar-refractivity contribution is 6.03. The second kappa shape index (κ2) is 7.39. The van der Waals surface area contributed by atoms with Crippen LogP contribution in [0.4, 0.5) is 5.69 Å². The van der Waals surface area contributed by atoms with Crippen molar-refractivity contribution in [2.75, 3.05) is 12.4 Å². The number of amides is 1. The van der Waals surface area contributed by atoms with Crippen molar-refractivity contribution in [1.82, 2.24) is 15.0 Å². The molecule has 0 bridgehead atoms. The van der Waals surface area contributed by atoms with E-state index >= 15 is 0 Å². The highest BCUT2D eigenvalue weighted by atomic mass is 16.5. The van der Waals surface area contributed by atoms with Gasteiger partial charge in [0.2, 0.25) is 0 Å². The monoisotopic (exact) mass is 350 g/mol. The van der Waals surface area contributed by atoms with Crippen LogP contribution in [0.2, 0.25) is 0 Å². The van der Waals surface area contributed by atoms with Crippen molar-refractivity contribution in [3.8, 4) is 11.4 Å². The molecule has 0 saturated carbocycles. The lowest BCUT2D eigenvalue weighted by Crippen LogP contribution is -2.16. The molecule has 0 saturated heterocycles. The van der Waals surface area contributed by atoms with Gasteiger partial charge in [0, 0.05) is 11.8 Å². The fraction of sp³-hybridized carbons (Fsp3) is 0.250. The Morgan fingerprint density at radius 3 is 2.54 bits per heavy atom.